The maximum Gasteiger partial charge on any atom is 0.250 e. The molecule has 2 N–H and O–H groups in total. The van der Waals surface area contributed by atoms with Crippen molar-refractivity contribution in [2.75, 3.05) is 5.32 Å². The molecule has 5 heteroatoms. The summed E-state index contributed by atoms with van der Waals surface area (Å²) >= 11 is 6.26. The van der Waals surface area contributed by atoms with Crippen molar-refractivity contribution >= 4 is 29.0 Å². The van der Waals surface area contributed by atoms with Crippen molar-refractivity contribution in [3.05, 3.63) is 125 Å². The van der Waals surface area contributed by atoms with Crippen LogP contribution in [0.3, 0.4) is 0 Å². The smallest absolute Gasteiger partial charge is 0.250 e. The Morgan fingerprint density at radius 1 is 0.846 bits per heavy atom. The van der Waals surface area contributed by atoms with Crippen molar-refractivity contribution in [2.24, 2.45) is 11.8 Å². The number of para-hydroxylation sites is 1. The topological polar surface area (TPSA) is 58.2 Å². The first-order valence-corrected chi connectivity index (χ1v) is 13.9. The number of carbonyl (C=O) groups excluding carboxylic acids is 2. The molecule has 0 aliphatic carbocycles. The molecule has 6 rings (SSSR count). The Labute approximate surface area is 234 Å². The minimum absolute atomic E-state index is 0.0415. The minimum Gasteiger partial charge on any atom is -0.324 e. The minimum atomic E-state index is -1.17. The molecular weight excluding hydrogens is 504 g/mol. The summed E-state index contributed by atoms with van der Waals surface area (Å²) in [5, 5.41) is 7.46. The molecule has 0 bridgehead atoms. The third kappa shape index (κ3) is 4.38. The van der Waals surface area contributed by atoms with Crippen LogP contribution in [0.15, 0.2) is 103 Å². The van der Waals surface area contributed by atoms with Gasteiger partial charge in [-0.3, -0.25) is 14.9 Å². The summed E-state index contributed by atoms with van der Waals surface area (Å²) in [6, 6.07) is 33.3. The number of halogens is 1. The SMILES string of the molecule is CC(C)CC1NC2(C(=O)Nc3ccccc32)C(C(=O)c2ccc(-c3ccccc3)cc2)C1c1ccc(Cl)cc1. The van der Waals surface area contributed by atoms with Crippen LogP contribution in [0.1, 0.15) is 47.7 Å². The third-order valence-corrected chi connectivity index (χ3v) is 8.42. The fourth-order valence-electron chi connectivity index (χ4n) is 6.52. The van der Waals surface area contributed by atoms with Gasteiger partial charge >= 0.3 is 0 Å². The van der Waals surface area contributed by atoms with Crippen LogP contribution >= 0.6 is 11.6 Å². The predicted molar refractivity (Wildman–Crippen MR) is 157 cm³/mol. The van der Waals surface area contributed by atoms with E-state index in [-0.39, 0.29) is 23.7 Å². The van der Waals surface area contributed by atoms with Gasteiger partial charge in [-0.2, -0.15) is 0 Å². The largest absolute Gasteiger partial charge is 0.324 e. The molecule has 2 aliphatic heterocycles. The molecular formula is C34H31ClN2O2. The van der Waals surface area contributed by atoms with E-state index in [0.29, 0.717) is 16.5 Å². The van der Waals surface area contributed by atoms with E-state index < -0.39 is 11.5 Å². The Bertz CT molecular complexity index is 1520. The first kappa shape index (κ1) is 25.5. The van der Waals surface area contributed by atoms with Crippen LogP contribution in [-0.2, 0) is 10.3 Å². The second-order valence-electron chi connectivity index (χ2n) is 11.1. The zero-order valence-electron chi connectivity index (χ0n) is 22.0. The molecule has 196 valence electrons. The van der Waals surface area contributed by atoms with Gasteiger partial charge in [-0.15, -0.1) is 0 Å². The van der Waals surface area contributed by atoms with Gasteiger partial charge in [0.2, 0.25) is 5.91 Å². The monoisotopic (exact) mass is 534 g/mol. The number of hydrogen-bond acceptors (Lipinski definition) is 3. The molecule has 4 aromatic carbocycles. The lowest BCUT2D eigenvalue weighted by Gasteiger charge is -2.31. The quantitative estimate of drug-likeness (QED) is 0.252. The van der Waals surface area contributed by atoms with E-state index in [9.17, 15) is 9.59 Å². The van der Waals surface area contributed by atoms with Gasteiger partial charge in [0.25, 0.3) is 0 Å². The lowest BCUT2D eigenvalue weighted by atomic mass is 9.69. The highest BCUT2D eigenvalue weighted by Gasteiger charge is 2.64. The van der Waals surface area contributed by atoms with Gasteiger partial charge in [0.15, 0.2) is 5.78 Å². The van der Waals surface area contributed by atoms with Crippen LogP contribution in [0.4, 0.5) is 5.69 Å². The Morgan fingerprint density at radius 2 is 1.49 bits per heavy atom. The number of rotatable bonds is 6. The molecule has 1 spiro atoms. The van der Waals surface area contributed by atoms with Gasteiger partial charge in [-0.1, -0.05) is 110 Å². The van der Waals surface area contributed by atoms with E-state index in [0.717, 1.165) is 34.4 Å². The average molecular weight is 535 g/mol. The van der Waals surface area contributed by atoms with Crippen molar-refractivity contribution in [2.45, 2.75) is 37.8 Å². The Kier molecular flexibility index (Phi) is 6.62. The van der Waals surface area contributed by atoms with Crippen LogP contribution in [0, 0.1) is 11.8 Å². The van der Waals surface area contributed by atoms with E-state index in [4.69, 9.17) is 11.6 Å². The molecule has 4 aromatic rings. The lowest BCUT2D eigenvalue weighted by molar-refractivity contribution is -0.122. The maximum atomic E-state index is 14.6. The third-order valence-electron chi connectivity index (χ3n) is 8.17. The molecule has 0 saturated carbocycles. The molecule has 1 amide bonds. The van der Waals surface area contributed by atoms with E-state index in [1.165, 1.54) is 0 Å². The number of benzene rings is 4. The van der Waals surface area contributed by atoms with Crippen LogP contribution < -0.4 is 10.6 Å². The standard InChI is InChI=1S/C34H31ClN2O2/c1-21(2)20-29-30(24-16-18-26(35)19-17-24)31(34(37-29)27-10-6-7-11-28(27)36-33(34)39)32(38)25-14-12-23(13-15-25)22-8-4-3-5-9-22/h3-19,21,29-31,37H,20H2,1-2H3,(H,36,39). The van der Waals surface area contributed by atoms with Crippen LogP contribution in [-0.4, -0.2) is 17.7 Å². The second-order valence-corrected chi connectivity index (χ2v) is 11.5. The highest BCUT2D eigenvalue weighted by atomic mass is 35.5. The van der Waals surface area contributed by atoms with Gasteiger partial charge in [-0.05, 0) is 47.2 Å². The van der Waals surface area contributed by atoms with Crippen molar-refractivity contribution in [1.82, 2.24) is 5.32 Å². The van der Waals surface area contributed by atoms with Crippen LogP contribution in [0.5, 0.6) is 0 Å². The number of nitrogens with one attached hydrogen (secondary N) is 2. The van der Waals surface area contributed by atoms with Gasteiger partial charge in [0.1, 0.15) is 5.54 Å². The number of fused-ring (bicyclic) bond motifs is 2. The van der Waals surface area contributed by atoms with Crippen molar-refractivity contribution in [3.8, 4) is 11.1 Å². The molecule has 4 atom stereocenters. The number of Topliss-reactive ketones (excluding diaryl/α,β-unsaturated/α-hetero) is 1. The Morgan fingerprint density at radius 3 is 2.18 bits per heavy atom. The Hall–Kier alpha value is -3.73. The van der Waals surface area contributed by atoms with Crippen LogP contribution in [0.25, 0.3) is 11.1 Å². The molecule has 0 radical (unpaired) electrons. The number of anilines is 1. The van der Waals surface area contributed by atoms with Crippen molar-refractivity contribution < 1.29 is 9.59 Å². The zero-order chi connectivity index (χ0) is 27.1. The number of ketones is 1. The summed E-state index contributed by atoms with van der Waals surface area (Å²) in [5.41, 5.74) is 4.16. The number of carbonyl (C=O) groups is 2. The lowest BCUT2D eigenvalue weighted by Crippen LogP contribution is -2.51. The van der Waals surface area contributed by atoms with Crippen molar-refractivity contribution in [1.29, 1.82) is 0 Å². The van der Waals surface area contributed by atoms with Crippen molar-refractivity contribution in [3.63, 3.8) is 0 Å². The van der Waals surface area contributed by atoms with E-state index in [2.05, 4.69) is 36.6 Å². The number of hydrogen-bond donors (Lipinski definition) is 2. The van der Waals surface area contributed by atoms with Gasteiger partial charge in [0.05, 0.1) is 5.92 Å². The fraction of sp³-hybridized carbons (Fsp3) is 0.235. The molecule has 1 fully saturated rings. The van der Waals surface area contributed by atoms with E-state index >= 15 is 0 Å². The first-order chi connectivity index (χ1) is 18.9. The maximum absolute atomic E-state index is 14.6. The molecule has 39 heavy (non-hydrogen) atoms. The molecule has 2 heterocycles. The molecule has 4 nitrogen and oxygen atoms in total. The van der Waals surface area contributed by atoms with E-state index in [1.54, 1.807) is 0 Å². The highest BCUT2D eigenvalue weighted by Crippen LogP contribution is 2.54. The normalized spacial score (nSPS) is 23.7. The van der Waals surface area contributed by atoms with Gasteiger partial charge in [-0.25, -0.2) is 0 Å². The molecule has 4 unspecified atom stereocenters. The summed E-state index contributed by atoms with van der Waals surface area (Å²) in [6.45, 7) is 4.35. The summed E-state index contributed by atoms with van der Waals surface area (Å²) in [6.07, 6.45) is 0.821. The average Bonchev–Trinajstić information content (AvgIpc) is 3.43. The van der Waals surface area contributed by atoms with Crippen LogP contribution in [0.2, 0.25) is 5.02 Å². The number of amides is 1. The molecule has 0 aromatic heterocycles. The van der Waals surface area contributed by atoms with E-state index in [1.807, 2.05) is 91.0 Å². The summed E-state index contributed by atoms with van der Waals surface area (Å²) in [4.78, 5) is 28.6. The summed E-state index contributed by atoms with van der Waals surface area (Å²) < 4.78 is 0. The predicted octanol–water partition coefficient (Wildman–Crippen LogP) is 7.46. The zero-order valence-corrected chi connectivity index (χ0v) is 22.8. The second kappa shape index (κ2) is 10.1. The summed E-state index contributed by atoms with van der Waals surface area (Å²) in [7, 11) is 0. The van der Waals surface area contributed by atoms with Gasteiger partial charge < -0.3 is 5.32 Å². The first-order valence-electron chi connectivity index (χ1n) is 13.5. The Balaban J connectivity index is 1.50. The van der Waals surface area contributed by atoms with Gasteiger partial charge in [0, 0.05) is 33.8 Å². The fourth-order valence-corrected chi connectivity index (χ4v) is 6.65. The molecule has 1 saturated heterocycles. The highest BCUT2D eigenvalue weighted by molar-refractivity contribution is 6.30. The molecule has 2 aliphatic rings. The summed E-state index contributed by atoms with van der Waals surface area (Å²) in [5.74, 6) is -0.710.